The van der Waals surface area contributed by atoms with E-state index in [4.69, 9.17) is 13.9 Å². The third-order valence-corrected chi connectivity index (χ3v) is 3.95. The molecule has 1 saturated heterocycles. The number of aromatic nitrogens is 1. The first-order valence-corrected chi connectivity index (χ1v) is 7.81. The van der Waals surface area contributed by atoms with Gasteiger partial charge in [0.05, 0.1) is 14.2 Å². The fourth-order valence-electron chi connectivity index (χ4n) is 2.73. The van der Waals surface area contributed by atoms with Gasteiger partial charge < -0.3 is 18.8 Å². The maximum atomic E-state index is 9.25. The molecule has 0 bridgehead atoms. The van der Waals surface area contributed by atoms with Crippen molar-refractivity contribution in [3.63, 3.8) is 0 Å². The van der Waals surface area contributed by atoms with E-state index in [9.17, 15) is 5.26 Å². The lowest BCUT2D eigenvalue weighted by molar-refractivity contribution is 0.355. The Morgan fingerprint density at radius 3 is 2.58 bits per heavy atom. The SMILES string of the molecule is COc1ccc(/C=C/c2nc(C#N)c(N3CCCC3)o2)cc1OC. The van der Waals surface area contributed by atoms with Crippen molar-refractivity contribution in [2.24, 2.45) is 0 Å². The zero-order chi connectivity index (χ0) is 16.9. The van der Waals surface area contributed by atoms with Crippen LogP contribution in [0.5, 0.6) is 11.5 Å². The minimum absolute atomic E-state index is 0.337. The van der Waals surface area contributed by atoms with Gasteiger partial charge in [0.1, 0.15) is 6.07 Å². The Morgan fingerprint density at radius 1 is 1.17 bits per heavy atom. The Morgan fingerprint density at radius 2 is 1.92 bits per heavy atom. The molecule has 2 aromatic rings. The minimum atomic E-state index is 0.337. The number of nitriles is 1. The average Bonchev–Trinajstić information content (AvgIpc) is 3.28. The number of hydrogen-bond donors (Lipinski definition) is 0. The normalized spacial score (nSPS) is 14.1. The number of benzene rings is 1. The molecule has 6 nitrogen and oxygen atoms in total. The maximum absolute atomic E-state index is 9.25. The van der Waals surface area contributed by atoms with Crippen LogP contribution in [0.25, 0.3) is 12.2 Å². The quantitative estimate of drug-likeness (QED) is 0.839. The smallest absolute Gasteiger partial charge is 0.235 e. The first kappa shape index (κ1) is 15.9. The number of nitrogens with zero attached hydrogens (tertiary/aromatic N) is 3. The van der Waals surface area contributed by atoms with Crippen LogP contribution in [0.15, 0.2) is 22.6 Å². The van der Waals surface area contributed by atoms with Gasteiger partial charge in [-0.25, -0.2) is 0 Å². The number of rotatable bonds is 5. The Kier molecular flexibility index (Phi) is 4.71. The predicted octanol–water partition coefficient (Wildman–Crippen LogP) is 3.33. The molecular formula is C18H19N3O3. The van der Waals surface area contributed by atoms with Crippen molar-refractivity contribution in [1.82, 2.24) is 4.98 Å². The summed E-state index contributed by atoms with van der Waals surface area (Å²) >= 11 is 0. The summed E-state index contributed by atoms with van der Waals surface area (Å²) in [5.74, 6) is 2.32. The van der Waals surface area contributed by atoms with E-state index in [1.54, 1.807) is 20.3 Å². The molecule has 1 aromatic heterocycles. The van der Waals surface area contributed by atoms with Crippen LogP contribution < -0.4 is 14.4 Å². The van der Waals surface area contributed by atoms with Crippen LogP contribution in [-0.2, 0) is 0 Å². The molecule has 0 unspecified atom stereocenters. The van der Waals surface area contributed by atoms with Crippen LogP contribution >= 0.6 is 0 Å². The molecule has 1 aromatic carbocycles. The number of methoxy groups -OCH3 is 2. The van der Waals surface area contributed by atoms with E-state index in [1.165, 1.54) is 0 Å². The summed E-state index contributed by atoms with van der Waals surface area (Å²) < 4.78 is 16.3. The minimum Gasteiger partial charge on any atom is -0.493 e. The lowest BCUT2D eigenvalue weighted by atomic mass is 10.2. The second-order valence-electron chi connectivity index (χ2n) is 5.46. The third kappa shape index (κ3) is 3.20. The summed E-state index contributed by atoms with van der Waals surface area (Å²) in [7, 11) is 3.20. The van der Waals surface area contributed by atoms with Crippen molar-refractivity contribution in [2.75, 3.05) is 32.2 Å². The standard InChI is InChI=1S/C18H19N3O3/c1-22-15-7-5-13(11-16(15)23-2)6-8-17-20-14(12-19)18(24-17)21-9-3-4-10-21/h5-8,11H,3-4,9-10H2,1-2H3/b8-6+. The maximum Gasteiger partial charge on any atom is 0.235 e. The van der Waals surface area contributed by atoms with E-state index in [1.807, 2.05) is 24.3 Å². The summed E-state index contributed by atoms with van der Waals surface area (Å²) in [4.78, 5) is 6.32. The molecule has 0 saturated carbocycles. The van der Waals surface area contributed by atoms with Gasteiger partial charge in [-0.3, -0.25) is 0 Å². The monoisotopic (exact) mass is 325 g/mol. The van der Waals surface area contributed by atoms with Gasteiger partial charge in [-0.2, -0.15) is 10.2 Å². The lowest BCUT2D eigenvalue weighted by Crippen LogP contribution is -2.17. The molecule has 3 rings (SSSR count). The summed E-state index contributed by atoms with van der Waals surface area (Å²) in [6.07, 6.45) is 5.84. The van der Waals surface area contributed by atoms with Gasteiger partial charge >= 0.3 is 0 Å². The van der Waals surface area contributed by atoms with E-state index >= 15 is 0 Å². The van der Waals surface area contributed by atoms with Crippen molar-refractivity contribution >= 4 is 18.0 Å². The molecule has 124 valence electrons. The van der Waals surface area contributed by atoms with Crippen LogP contribution in [0.2, 0.25) is 0 Å². The topological polar surface area (TPSA) is 71.5 Å². The van der Waals surface area contributed by atoms with Gasteiger partial charge in [0.2, 0.25) is 17.5 Å². The Balaban J connectivity index is 1.83. The molecule has 0 atom stereocenters. The first-order valence-electron chi connectivity index (χ1n) is 7.81. The largest absolute Gasteiger partial charge is 0.493 e. The molecule has 2 heterocycles. The second-order valence-corrected chi connectivity index (χ2v) is 5.46. The molecule has 0 aliphatic carbocycles. The van der Waals surface area contributed by atoms with Crippen molar-refractivity contribution in [3.8, 4) is 17.6 Å². The Hall–Kier alpha value is -2.94. The van der Waals surface area contributed by atoms with Gasteiger partial charge in [-0.1, -0.05) is 6.07 Å². The van der Waals surface area contributed by atoms with Crippen LogP contribution in [0.4, 0.5) is 5.88 Å². The van der Waals surface area contributed by atoms with Gasteiger partial charge in [0, 0.05) is 19.2 Å². The molecule has 24 heavy (non-hydrogen) atoms. The van der Waals surface area contributed by atoms with Gasteiger partial charge in [-0.05, 0) is 36.6 Å². The summed E-state index contributed by atoms with van der Waals surface area (Å²) in [5, 5.41) is 9.25. The van der Waals surface area contributed by atoms with Crippen LogP contribution in [0.3, 0.4) is 0 Å². The fourth-order valence-corrected chi connectivity index (χ4v) is 2.73. The van der Waals surface area contributed by atoms with E-state index in [0.717, 1.165) is 31.5 Å². The van der Waals surface area contributed by atoms with Gasteiger partial charge in [0.15, 0.2) is 11.5 Å². The molecule has 0 spiro atoms. The highest BCUT2D eigenvalue weighted by atomic mass is 16.5. The molecule has 0 amide bonds. The van der Waals surface area contributed by atoms with E-state index in [0.29, 0.717) is 29.0 Å². The summed E-state index contributed by atoms with van der Waals surface area (Å²) in [6.45, 7) is 1.81. The number of oxazole rings is 1. The van der Waals surface area contributed by atoms with E-state index < -0.39 is 0 Å². The Labute approximate surface area is 140 Å². The molecule has 6 heteroatoms. The lowest BCUT2D eigenvalue weighted by Gasteiger charge is -2.12. The molecule has 0 radical (unpaired) electrons. The molecular weight excluding hydrogens is 306 g/mol. The van der Waals surface area contributed by atoms with Crippen LogP contribution in [0.1, 0.15) is 30.0 Å². The zero-order valence-electron chi connectivity index (χ0n) is 13.8. The predicted molar refractivity (Wildman–Crippen MR) is 91.1 cm³/mol. The highest BCUT2D eigenvalue weighted by Crippen LogP contribution is 2.29. The van der Waals surface area contributed by atoms with Crippen molar-refractivity contribution in [3.05, 3.63) is 35.3 Å². The molecule has 1 aliphatic heterocycles. The average molecular weight is 325 g/mol. The fraction of sp³-hybridized carbons (Fsp3) is 0.333. The molecule has 1 fully saturated rings. The van der Waals surface area contributed by atoms with Crippen LogP contribution in [-0.4, -0.2) is 32.3 Å². The molecule has 1 aliphatic rings. The number of hydrogen-bond acceptors (Lipinski definition) is 6. The van der Waals surface area contributed by atoms with Crippen molar-refractivity contribution in [1.29, 1.82) is 5.26 Å². The highest BCUT2D eigenvalue weighted by molar-refractivity contribution is 5.69. The number of anilines is 1. The highest BCUT2D eigenvalue weighted by Gasteiger charge is 2.21. The van der Waals surface area contributed by atoms with Gasteiger partial charge in [-0.15, -0.1) is 0 Å². The first-order chi connectivity index (χ1) is 11.7. The second kappa shape index (κ2) is 7.09. The zero-order valence-corrected chi connectivity index (χ0v) is 13.8. The summed E-state index contributed by atoms with van der Waals surface area (Å²) in [6, 6.07) is 7.72. The van der Waals surface area contributed by atoms with Gasteiger partial charge in [0.25, 0.3) is 0 Å². The summed E-state index contributed by atoms with van der Waals surface area (Å²) in [5.41, 5.74) is 1.26. The molecule has 0 N–H and O–H groups in total. The van der Waals surface area contributed by atoms with Crippen LogP contribution in [0, 0.1) is 11.3 Å². The van der Waals surface area contributed by atoms with Crippen molar-refractivity contribution in [2.45, 2.75) is 12.8 Å². The van der Waals surface area contributed by atoms with E-state index in [2.05, 4.69) is 16.0 Å². The van der Waals surface area contributed by atoms with E-state index in [-0.39, 0.29) is 0 Å². The Bertz CT molecular complexity index is 783. The van der Waals surface area contributed by atoms with Crippen molar-refractivity contribution < 1.29 is 13.9 Å². The number of ether oxygens (including phenoxy) is 2. The third-order valence-electron chi connectivity index (χ3n) is 3.95.